The molecular weight excluding hydrogens is 298 g/mol. The van der Waals surface area contributed by atoms with Crippen LogP contribution in [0.1, 0.15) is 26.2 Å². The summed E-state index contributed by atoms with van der Waals surface area (Å²) in [6, 6.07) is 0. The fourth-order valence-corrected chi connectivity index (χ4v) is 5.50. The lowest BCUT2D eigenvalue weighted by atomic mass is 10.2. The first kappa shape index (κ1) is 16.2. The Labute approximate surface area is 114 Å². The molecule has 1 aliphatic rings. The first-order valence-electron chi connectivity index (χ1n) is 5.95. The van der Waals surface area contributed by atoms with Crippen molar-refractivity contribution < 1.29 is 16.8 Å². The van der Waals surface area contributed by atoms with Gasteiger partial charge in [0.05, 0.1) is 16.8 Å². The smallest absolute Gasteiger partial charge is 0.216 e. The molecule has 0 amide bonds. The van der Waals surface area contributed by atoms with Crippen LogP contribution in [0.15, 0.2) is 0 Å². The predicted molar refractivity (Wildman–Crippen MR) is 73.2 cm³/mol. The van der Waals surface area contributed by atoms with E-state index in [0.717, 1.165) is 0 Å². The van der Waals surface area contributed by atoms with E-state index in [1.54, 1.807) is 0 Å². The average molecular weight is 318 g/mol. The van der Waals surface area contributed by atoms with E-state index < -0.39 is 25.1 Å². The van der Waals surface area contributed by atoms with Crippen LogP contribution < -0.4 is 0 Å². The Balaban J connectivity index is 2.64. The molecule has 1 atom stereocenters. The standard InChI is InChI=1S/C10H20ClNO4S2/c1-9(11)3-6-12(2)18(15,16)10-4-7-17(13,14)8-5-10/h9-10H,3-8H2,1-2H3. The maximum Gasteiger partial charge on any atom is 0.216 e. The number of hydrogen-bond acceptors (Lipinski definition) is 4. The van der Waals surface area contributed by atoms with E-state index in [9.17, 15) is 16.8 Å². The minimum Gasteiger partial charge on any atom is -0.229 e. The Morgan fingerprint density at radius 1 is 1.33 bits per heavy atom. The van der Waals surface area contributed by atoms with Gasteiger partial charge in [-0.15, -0.1) is 11.6 Å². The van der Waals surface area contributed by atoms with Gasteiger partial charge in [-0.25, -0.2) is 21.1 Å². The molecule has 1 unspecified atom stereocenters. The molecular formula is C10H20ClNO4S2. The molecule has 0 radical (unpaired) electrons. The molecule has 1 rings (SSSR count). The molecule has 0 aliphatic carbocycles. The molecule has 1 saturated heterocycles. The van der Waals surface area contributed by atoms with Crippen molar-refractivity contribution in [2.75, 3.05) is 25.1 Å². The lowest BCUT2D eigenvalue weighted by molar-refractivity contribution is 0.444. The Morgan fingerprint density at radius 2 is 1.83 bits per heavy atom. The summed E-state index contributed by atoms with van der Waals surface area (Å²) in [4.78, 5) is 0. The monoisotopic (exact) mass is 317 g/mol. The molecule has 0 aromatic rings. The van der Waals surface area contributed by atoms with Crippen molar-refractivity contribution in [2.24, 2.45) is 0 Å². The SMILES string of the molecule is CC(Cl)CCN(C)S(=O)(=O)C1CCS(=O)(=O)CC1. The number of rotatable bonds is 5. The number of alkyl halides is 1. The molecule has 0 bridgehead atoms. The fraction of sp³-hybridized carbons (Fsp3) is 1.00. The summed E-state index contributed by atoms with van der Waals surface area (Å²) in [5.74, 6) is -0.0622. The largest absolute Gasteiger partial charge is 0.229 e. The van der Waals surface area contributed by atoms with E-state index >= 15 is 0 Å². The van der Waals surface area contributed by atoms with Gasteiger partial charge in [0.1, 0.15) is 9.84 Å². The van der Waals surface area contributed by atoms with Gasteiger partial charge in [-0.3, -0.25) is 0 Å². The van der Waals surface area contributed by atoms with Gasteiger partial charge in [0.2, 0.25) is 10.0 Å². The summed E-state index contributed by atoms with van der Waals surface area (Å²) < 4.78 is 48.3. The molecule has 0 aromatic carbocycles. The van der Waals surface area contributed by atoms with Crippen LogP contribution in [0.25, 0.3) is 0 Å². The average Bonchev–Trinajstić information content (AvgIpc) is 2.25. The molecule has 18 heavy (non-hydrogen) atoms. The number of sulfone groups is 1. The lowest BCUT2D eigenvalue weighted by Gasteiger charge is -2.27. The number of nitrogens with zero attached hydrogens (tertiary/aromatic N) is 1. The van der Waals surface area contributed by atoms with Crippen LogP contribution in [0.2, 0.25) is 0 Å². The highest BCUT2D eigenvalue weighted by Gasteiger charge is 2.35. The number of halogens is 1. The van der Waals surface area contributed by atoms with Crippen LogP contribution in [0, 0.1) is 0 Å². The first-order valence-corrected chi connectivity index (χ1v) is 9.71. The highest BCUT2D eigenvalue weighted by molar-refractivity contribution is 7.92. The van der Waals surface area contributed by atoms with Crippen molar-refractivity contribution in [3.63, 3.8) is 0 Å². The second-order valence-corrected chi connectivity index (χ2v) is 10.2. The molecule has 1 heterocycles. The van der Waals surface area contributed by atoms with Crippen molar-refractivity contribution in [1.82, 2.24) is 4.31 Å². The maximum atomic E-state index is 12.2. The van der Waals surface area contributed by atoms with Crippen LogP contribution in [-0.4, -0.2) is 56.9 Å². The van der Waals surface area contributed by atoms with Crippen molar-refractivity contribution in [2.45, 2.75) is 36.8 Å². The second kappa shape index (κ2) is 6.07. The highest BCUT2D eigenvalue weighted by Crippen LogP contribution is 2.22. The quantitative estimate of drug-likeness (QED) is 0.705. The van der Waals surface area contributed by atoms with Crippen LogP contribution in [0.3, 0.4) is 0 Å². The Bertz CT molecular complexity index is 458. The van der Waals surface area contributed by atoms with Gasteiger partial charge in [-0.05, 0) is 26.2 Å². The minimum atomic E-state index is -3.40. The first-order chi connectivity index (χ1) is 8.15. The second-order valence-electron chi connectivity index (χ2n) is 4.79. The molecule has 0 aromatic heterocycles. The van der Waals surface area contributed by atoms with E-state index in [1.165, 1.54) is 11.4 Å². The molecule has 1 aliphatic heterocycles. The van der Waals surface area contributed by atoms with Crippen LogP contribution in [-0.2, 0) is 19.9 Å². The number of sulfonamides is 1. The van der Waals surface area contributed by atoms with Gasteiger partial charge in [0, 0.05) is 19.0 Å². The maximum absolute atomic E-state index is 12.2. The molecule has 8 heteroatoms. The summed E-state index contributed by atoms with van der Waals surface area (Å²) >= 11 is 5.79. The summed E-state index contributed by atoms with van der Waals surface area (Å²) in [6.07, 6.45) is 0.985. The molecule has 108 valence electrons. The van der Waals surface area contributed by atoms with Gasteiger partial charge in [-0.1, -0.05) is 0 Å². The third-order valence-corrected chi connectivity index (χ3v) is 7.50. The summed E-state index contributed by atoms with van der Waals surface area (Å²) in [7, 11) is -4.90. The van der Waals surface area contributed by atoms with E-state index in [-0.39, 0.29) is 29.7 Å². The van der Waals surface area contributed by atoms with E-state index in [4.69, 9.17) is 11.6 Å². The van der Waals surface area contributed by atoms with Gasteiger partial charge in [0.25, 0.3) is 0 Å². The lowest BCUT2D eigenvalue weighted by Crippen LogP contribution is -2.41. The van der Waals surface area contributed by atoms with Crippen LogP contribution in [0.4, 0.5) is 0 Å². The van der Waals surface area contributed by atoms with Crippen LogP contribution >= 0.6 is 11.6 Å². The Morgan fingerprint density at radius 3 is 2.28 bits per heavy atom. The third kappa shape index (κ3) is 4.36. The zero-order valence-electron chi connectivity index (χ0n) is 10.7. The van der Waals surface area contributed by atoms with Crippen molar-refractivity contribution >= 4 is 31.5 Å². The normalized spacial score (nSPS) is 23.1. The van der Waals surface area contributed by atoms with E-state index in [1.807, 2.05) is 6.92 Å². The zero-order valence-corrected chi connectivity index (χ0v) is 13.1. The number of hydrogen-bond donors (Lipinski definition) is 0. The Kier molecular flexibility index (Phi) is 5.46. The molecule has 1 fully saturated rings. The van der Waals surface area contributed by atoms with Crippen molar-refractivity contribution in [3.8, 4) is 0 Å². The molecule has 5 nitrogen and oxygen atoms in total. The van der Waals surface area contributed by atoms with Gasteiger partial charge < -0.3 is 0 Å². The van der Waals surface area contributed by atoms with E-state index in [2.05, 4.69) is 0 Å². The molecule has 0 spiro atoms. The summed E-state index contributed by atoms with van der Waals surface area (Å²) in [5, 5.41) is -0.647. The van der Waals surface area contributed by atoms with Gasteiger partial charge >= 0.3 is 0 Å². The van der Waals surface area contributed by atoms with Crippen LogP contribution in [0.5, 0.6) is 0 Å². The van der Waals surface area contributed by atoms with Gasteiger partial charge in [0.15, 0.2) is 0 Å². The molecule has 0 saturated carbocycles. The highest BCUT2D eigenvalue weighted by atomic mass is 35.5. The summed E-state index contributed by atoms with van der Waals surface area (Å²) in [6.45, 7) is 2.19. The Hall–Kier alpha value is 0.150. The predicted octanol–water partition coefficient (Wildman–Crippen LogP) is 0.843. The minimum absolute atomic E-state index is 0.0311. The van der Waals surface area contributed by atoms with Crippen molar-refractivity contribution in [3.05, 3.63) is 0 Å². The van der Waals surface area contributed by atoms with Crippen molar-refractivity contribution in [1.29, 1.82) is 0 Å². The summed E-state index contributed by atoms with van der Waals surface area (Å²) in [5.41, 5.74) is 0. The topological polar surface area (TPSA) is 71.5 Å². The van der Waals surface area contributed by atoms with Gasteiger partial charge in [-0.2, -0.15) is 0 Å². The zero-order chi connectivity index (χ0) is 14.0. The molecule has 0 N–H and O–H groups in total. The van der Waals surface area contributed by atoms with E-state index in [0.29, 0.717) is 13.0 Å². The third-order valence-electron chi connectivity index (χ3n) is 3.20. The fourth-order valence-electron chi connectivity index (χ4n) is 1.91.